The van der Waals surface area contributed by atoms with Crippen LogP contribution >= 0.6 is 21.9 Å². The fraction of sp³-hybridized carbons (Fsp3) is 1.00. The molecule has 0 N–H and O–H groups in total. The second kappa shape index (κ2) is 3.37. The molecule has 1 unspecified atom stereocenters. The summed E-state index contributed by atoms with van der Waals surface area (Å²) in [5, 5.41) is 0. The van der Waals surface area contributed by atoms with E-state index in [9.17, 15) is 0 Å². The molecule has 1 heterocycles. The fourth-order valence-electron chi connectivity index (χ4n) is 1.65. The lowest BCUT2D eigenvalue weighted by Crippen LogP contribution is -2.24. The summed E-state index contributed by atoms with van der Waals surface area (Å²) in [5.74, 6) is 0.875. The molecule has 1 saturated heterocycles. The van der Waals surface area contributed by atoms with Crippen LogP contribution in [0.4, 0.5) is 0 Å². The Morgan fingerprint density at radius 2 is 1.80 bits per heavy atom. The molecule has 1 saturated carbocycles. The standard InChI is InChI=1S/C7H12OS2/c1-2-4-6(5-3-1)7-8-10-9-7/h6-7H,1-5H2. The Hall–Kier alpha value is 0.660. The lowest BCUT2D eigenvalue weighted by molar-refractivity contribution is 0.199. The lowest BCUT2D eigenvalue weighted by Gasteiger charge is -2.33. The number of rotatable bonds is 1. The molecule has 0 aromatic carbocycles. The Balaban J connectivity index is 1.78. The molecule has 0 bridgehead atoms. The van der Waals surface area contributed by atoms with Gasteiger partial charge in [0.1, 0.15) is 5.44 Å². The summed E-state index contributed by atoms with van der Waals surface area (Å²) in [4.78, 5) is 0. The fourth-order valence-corrected chi connectivity index (χ4v) is 3.38. The molecule has 2 rings (SSSR count). The summed E-state index contributed by atoms with van der Waals surface area (Å²) in [6.45, 7) is 0. The van der Waals surface area contributed by atoms with Crippen LogP contribution in [-0.2, 0) is 4.18 Å². The molecule has 3 heteroatoms. The van der Waals surface area contributed by atoms with Crippen molar-refractivity contribution >= 4 is 21.9 Å². The third-order valence-corrected chi connectivity index (χ3v) is 4.50. The molecular weight excluding hydrogens is 164 g/mol. The van der Waals surface area contributed by atoms with Crippen LogP contribution in [0.3, 0.4) is 0 Å². The van der Waals surface area contributed by atoms with Gasteiger partial charge in [0.2, 0.25) is 0 Å². The van der Waals surface area contributed by atoms with Crippen molar-refractivity contribution in [1.82, 2.24) is 0 Å². The van der Waals surface area contributed by atoms with Crippen LogP contribution in [-0.4, -0.2) is 5.44 Å². The first kappa shape index (κ1) is 7.32. The molecule has 1 aliphatic carbocycles. The van der Waals surface area contributed by atoms with E-state index in [1.54, 1.807) is 11.1 Å². The molecule has 0 amide bonds. The molecule has 0 aromatic heterocycles. The van der Waals surface area contributed by atoms with E-state index in [1.807, 2.05) is 10.8 Å². The summed E-state index contributed by atoms with van der Waals surface area (Å²) >= 11 is 1.56. The third-order valence-electron chi connectivity index (χ3n) is 2.30. The first-order valence-corrected chi connectivity index (χ1v) is 6.09. The molecule has 10 heavy (non-hydrogen) atoms. The van der Waals surface area contributed by atoms with Crippen molar-refractivity contribution in [3.05, 3.63) is 0 Å². The van der Waals surface area contributed by atoms with Gasteiger partial charge in [-0.25, -0.2) is 0 Å². The van der Waals surface area contributed by atoms with Gasteiger partial charge in [-0.05, 0) is 29.6 Å². The molecule has 1 nitrogen and oxygen atoms in total. The predicted molar refractivity (Wildman–Crippen MR) is 46.6 cm³/mol. The first-order valence-electron chi connectivity index (χ1n) is 3.95. The number of hydrogen-bond donors (Lipinski definition) is 0. The first-order chi connectivity index (χ1) is 4.97. The van der Waals surface area contributed by atoms with E-state index >= 15 is 0 Å². The maximum atomic E-state index is 5.35. The second-order valence-corrected chi connectivity index (χ2v) is 5.00. The van der Waals surface area contributed by atoms with E-state index in [4.69, 9.17) is 4.18 Å². The van der Waals surface area contributed by atoms with Crippen molar-refractivity contribution in [2.24, 2.45) is 5.92 Å². The van der Waals surface area contributed by atoms with Gasteiger partial charge in [-0.3, -0.25) is 4.18 Å². The van der Waals surface area contributed by atoms with Crippen molar-refractivity contribution in [3.63, 3.8) is 0 Å². The molecule has 58 valence electrons. The minimum atomic E-state index is 0.547. The molecule has 2 aliphatic rings. The summed E-state index contributed by atoms with van der Waals surface area (Å²) in [5.41, 5.74) is 0.547. The predicted octanol–water partition coefficient (Wildman–Crippen LogP) is 3.22. The Morgan fingerprint density at radius 3 is 2.30 bits per heavy atom. The lowest BCUT2D eigenvalue weighted by atomic mass is 9.90. The van der Waals surface area contributed by atoms with E-state index in [0.717, 1.165) is 5.92 Å². The minimum absolute atomic E-state index is 0.547. The van der Waals surface area contributed by atoms with Crippen LogP contribution in [0.1, 0.15) is 32.1 Å². The third kappa shape index (κ3) is 1.46. The molecule has 0 aromatic rings. The maximum absolute atomic E-state index is 5.35. The van der Waals surface area contributed by atoms with Gasteiger partial charge in [-0.1, -0.05) is 19.3 Å². The summed E-state index contributed by atoms with van der Waals surface area (Å²) in [6, 6.07) is 0. The summed E-state index contributed by atoms with van der Waals surface area (Å²) < 4.78 is 5.35. The van der Waals surface area contributed by atoms with Gasteiger partial charge >= 0.3 is 0 Å². The SMILES string of the molecule is C1CCC(C2OSS2)CC1. The van der Waals surface area contributed by atoms with Gasteiger partial charge in [-0.15, -0.1) is 0 Å². The molecule has 1 aliphatic heterocycles. The van der Waals surface area contributed by atoms with Gasteiger partial charge in [0.05, 0.1) is 11.1 Å². The van der Waals surface area contributed by atoms with E-state index in [0.29, 0.717) is 5.44 Å². The molecule has 2 fully saturated rings. The maximum Gasteiger partial charge on any atom is 0.133 e. The van der Waals surface area contributed by atoms with E-state index < -0.39 is 0 Å². The van der Waals surface area contributed by atoms with Crippen LogP contribution in [0, 0.1) is 5.92 Å². The molecular formula is C7H12OS2. The van der Waals surface area contributed by atoms with Crippen LogP contribution in [0.5, 0.6) is 0 Å². The Kier molecular flexibility index (Phi) is 2.47. The van der Waals surface area contributed by atoms with Crippen molar-refractivity contribution < 1.29 is 4.18 Å². The minimum Gasteiger partial charge on any atom is -0.289 e. The molecule has 1 atom stereocenters. The molecule has 0 radical (unpaired) electrons. The van der Waals surface area contributed by atoms with Crippen LogP contribution < -0.4 is 0 Å². The van der Waals surface area contributed by atoms with Crippen LogP contribution in [0.15, 0.2) is 0 Å². The van der Waals surface area contributed by atoms with Gasteiger partial charge in [0.15, 0.2) is 0 Å². The number of hydrogen-bond acceptors (Lipinski definition) is 3. The Bertz CT molecular complexity index is 108. The Labute approximate surface area is 69.9 Å². The topological polar surface area (TPSA) is 9.23 Å². The van der Waals surface area contributed by atoms with Crippen molar-refractivity contribution in [2.45, 2.75) is 37.5 Å². The van der Waals surface area contributed by atoms with Gasteiger partial charge in [0, 0.05) is 0 Å². The summed E-state index contributed by atoms with van der Waals surface area (Å²) in [6.07, 6.45) is 7.10. The second-order valence-electron chi connectivity index (χ2n) is 3.03. The average Bonchev–Trinajstić information content (AvgIpc) is 1.86. The van der Waals surface area contributed by atoms with Gasteiger partial charge in [-0.2, -0.15) is 0 Å². The molecule has 0 spiro atoms. The summed E-state index contributed by atoms with van der Waals surface area (Å²) in [7, 11) is 1.91. The Morgan fingerprint density at radius 1 is 1.10 bits per heavy atom. The van der Waals surface area contributed by atoms with Crippen molar-refractivity contribution in [3.8, 4) is 0 Å². The highest BCUT2D eigenvalue weighted by Gasteiger charge is 2.31. The normalized spacial score (nSPS) is 35.4. The smallest absolute Gasteiger partial charge is 0.133 e. The van der Waals surface area contributed by atoms with Crippen LogP contribution in [0.2, 0.25) is 0 Å². The average molecular weight is 176 g/mol. The van der Waals surface area contributed by atoms with Gasteiger partial charge in [0.25, 0.3) is 0 Å². The van der Waals surface area contributed by atoms with E-state index in [1.165, 1.54) is 32.1 Å². The quantitative estimate of drug-likeness (QED) is 0.448. The van der Waals surface area contributed by atoms with E-state index in [-0.39, 0.29) is 0 Å². The zero-order valence-electron chi connectivity index (χ0n) is 5.91. The van der Waals surface area contributed by atoms with Crippen LogP contribution in [0.25, 0.3) is 0 Å². The highest BCUT2D eigenvalue weighted by molar-refractivity contribution is 8.77. The highest BCUT2D eigenvalue weighted by atomic mass is 33.1. The van der Waals surface area contributed by atoms with Crippen molar-refractivity contribution in [2.75, 3.05) is 0 Å². The van der Waals surface area contributed by atoms with Crippen molar-refractivity contribution in [1.29, 1.82) is 0 Å². The zero-order valence-corrected chi connectivity index (χ0v) is 7.55. The van der Waals surface area contributed by atoms with Gasteiger partial charge < -0.3 is 0 Å². The van der Waals surface area contributed by atoms with E-state index in [2.05, 4.69) is 0 Å². The zero-order chi connectivity index (χ0) is 6.81. The highest BCUT2D eigenvalue weighted by Crippen LogP contribution is 2.49. The largest absolute Gasteiger partial charge is 0.289 e. The monoisotopic (exact) mass is 176 g/mol.